The maximum atomic E-state index is 6.07. The Hall–Kier alpha value is 0.490. The van der Waals surface area contributed by atoms with Gasteiger partial charge < -0.3 is 5.73 Å². The van der Waals surface area contributed by atoms with Crippen molar-refractivity contribution in [3.63, 3.8) is 0 Å². The Labute approximate surface area is 109 Å². The van der Waals surface area contributed by atoms with Crippen molar-refractivity contribution in [3.05, 3.63) is 20.8 Å². The molecule has 1 rings (SSSR count). The van der Waals surface area contributed by atoms with Crippen molar-refractivity contribution < 1.29 is 0 Å². The first-order chi connectivity index (χ1) is 7.08. The minimum Gasteiger partial charge on any atom is -0.327 e. The number of thiophene rings is 1. The van der Waals surface area contributed by atoms with Crippen molar-refractivity contribution in [2.75, 3.05) is 11.5 Å². The molecule has 0 saturated heterocycles. The molecule has 0 amide bonds. The second kappa shape index (κ2) is 6.94. The highest BCUT2D eigenvalue weighted by Gasteiger charge is 2.06. The number of halogens is 1. The van der Waals surface area contributed by atoms with Gasteiger partial charge in [0.2, 0.25) is 0 Å². The molecule has 86 valence electrons. The summed E-state index contributed by atoms with van der Waals surface area (Å²) in [6.07, 6.45) is 1.00. The van der Waals surface area contributed by atoms with E-state index in [2.05, 4.69) is 41.9 Å². The summed E-state index contributed by atoms with van der Waals surface area (Å²) >= 11 is 7.21. The summed E-state index contributed by atoms with van der Waals surface area (Å²) in [6.45, 7) is 4.49. The van der Waals surface area contributed by atoms with E-state index in [0.29, 0.717) is 6.04 Å². The summed E-state index contributed by atoms with van der Waals surface area (Å²) in [7, 11) is 0. The van der Waals surface area contributed by atoms with Crippen LogP contribution in [-0.4, -0.2) is 17.5 Å². The van der Waals surface area contributed by atoms with Crippen LogP contribution in [0.15, 0.2) is 15.9 Å². The Balaban J connectivity index is 2.21. The first kappa shape index (κ1) is 13.6. The number of rotatable bonds is 6. The highest BCUT2D eigenvalue weighted by atomic mass is 79.9. The van der Waals surface area contributed by atoms with Crippen LogP contribution < -0.4 is 5.73 Å². The van der Waals surface area contributed by atoms with E-state index >= 15 is 0 Å². The maximum Gasteiger partial charge on any atom is 0.0701 e. The van der Waals surface area contributed by atoms with Crippen molar-refractivity contribution in [1.29, 1.82) is 0 Å². The normalized spacial score (nSPS) is 13.4. The summed E-state index contributed by atoms with van der Waals surface area (Å²) in [5.41, 5.74) is 6.07. The van der Waals surface area contributed by atoms with Crippen molar-refractivity contribution >= 4 is 39.0 Å². The summed E-state index contributed by atoms with van der Waals surface area (Å²) in [6, 6.07) is 4.54. The van der Waals surface area contributed by atoms with E-state index in [0.717, 1.165) is 18.1 Å². The van der Waals surface area contributed by atoms with Gasteiger partial charge in [0.15, 0.2) is 0 Å². The Morgan fingerprint density at radius 2 is 2.13 bits per heavy atom. The molecule has 0 aliphatic carbocycles. The predicted molar refractivity (Wildman–Crippen MR) is 75.9 cm³/mol. The van der Waals surface area contributed by atoms with Gasteiger partial charge in [-0.3, -0.25) is 0 Å². The van der Waals surface area contributed by atoms with Crippen molar-refractivity contribution in [2.45, 2.75) is 26.3 Å². The zero-order valence-corrected chi connectivity index (χ0v) is 12.4. The van der Waals surface area contributed by atoms with E-state index in [1.807, 2.05) is 11.8 Å². The highest BCUT2D eigenvalue weighted by molar-refractivity contribution is 9.11. The fourth-order valence-electron chi connectivity index (χ4n) is 1.23. The second-order valence-corrected chi connectivity index (χ2v) is 7.72. The first-order valence-electron chi connectivity index (χ1n) is 5.15. The van der Waals surface area contributed by atoms with Gasteiger partial charge in [0, 0.05) is 16.7 Å². The average molecular weight is 308 g/mol. The molecule has 4 heteroatoms. The monoisotopic (exact) mass is 307 g/mol. The van der Waals surface area contributed by atoms with Crippen LogP contribution in [0.4, 0.5) is 0 Å². The van der Waals surface area contributed by atoms with E-state index in [-0.39, 0.29) is 0 Å². The van der Waals surface area contributed by atoms with Crippen molar-refractivity contribution in [2.24, 2.45) is 11.7 Å². The third-order valence-corrected chi connectivity index (χ3v) is 5.09. The van der Waals surface area contributed by atoms with Crippen molar-refractivity contribution in [1.82, 2.24) is 0 Å². The molecule has 0 spiro atoms. The van der Waals surface area contributed by atoms with Gasteiger partial charge >= 0.3 is 0 Å². The molecule has 0 saturated carbocycles. The maximum absolute atomic E-state index is 6.07. The number of hydrogen-bond donors (Lipinski definition) is 1. The average Bonchev–Trinajstić information content (AvgIpc) is 2.50. The highest BCUT2D eigenvalue weighted by Crippen LogP contribution is 2.23. The van der Waals surface area contributed by atoms with Gasteiger partial charge in [0.1, 0.15) is 0 Å². The molecule has 1 nitrogen and oxygen atoms in total. The fraction of sp³-hybridized carbons (Fsp3) is 0.636. The van der Waals surface area contributed by atoms with E-state index in [9.17, 15) is 0 Å². The molecule has 0 aliphatic rings. The van der Waals surface area contributed by atoms with Crippen LogP contribution in [0.3, 0.4) is 0 Å². The van der Waals surface area contributed by atoms with Crippen LogP contribution >= 0.6 is 39.0 Å². The van der Waals surface area contributed by atoms with E-state index in [1.165, 1.54) is 14.4 Å². The van der Waals surface area contributed by atoms with Crippen LogP contribution in [0.1, 0.15) is 18.7 Å². The molecule has 1 aromatic heterocycles. The molecular formula is C11H18BrNS2. The lowest BCUT2D eigenvalue weighted by Gasteiger charge is -2.10. The minimum absolute atomic E-state index is 0.291. The second-order valence-electron chi connectivity index (χ2n) is 4.10. The number of hydrogen-bond acceptors (Lipinski definition) is 3. The lowest BCUT2D eigenvalue weighted by atomic mass is 10.2. The standard InChI is InChI=1S/C11H18BrNS2/c1-8(2)6-14-7-9(13)5-10-3-4-11(12)15-10/h3-4,8-9H,5-7,13H2,1-2H3. The molecule has 1 unspecified atom stereocenters. The fourth-order valence-corrected chi connectivity index (χ4v) is 3.84. The SMILES string of the molecule is CC(C)CSCC(N)Cc1ccc(Br)s1. The van der Waals surface area contributed by atoms with E-state index < -0.39 is 0 Å². The summed E-state index contributed by atoms with van der Waals surface area (Å²) in [5.74, 6) is 3.04. The van der Waals surface area contributed by atoms with Gasteiger partial charge in [-0.2, -0.15) is 11.8 Å². The van der Waals surface area contributed by atoms with Gasteiger partial charge in [0.05, 0.1) is 3.79 Å². The molecule has 1 aromatic rings. The van der Waals surface area contributed by atoms with Crippen molar-refractivity contribution in [3.8, 4) is 0 Å². The molecule has 0 bridgehead atoms. The Morgan fingerprint density at radius 1 is 1.40 bits per heavy atom. The molecule has 15 heavy (non-hydrogen) atoms. The van der Waals surface area contributed by atoms with Crippen LogP contribution in [0.25, 0.3) is 0 Å². The van der Waals surface area contributed by atoms with Gasteiger partial charge in [-0.15, -0.1) is 11.3 Å². The summed E-state index contributed by atoms with van der Waals surface area (Å²) in [5, 5.41) is 0. The molecule has 0 fully saturated rings. The molecule has 0 aliphatic heterocycles. The molecule has 1 heterocycles. The van der Waals surface area contributed by atoms with Gasteiger partial charge in [-0.25, -0.2) is 0 Å². The van der Waals surface area contributed by atoms with Crippen LogP contribution in [0.5, 0.6) is 0 Å². The Kier molecular flexibility index (Phi) is 6.27. The van der Waals surface area contributed by atoms with Gasteiger partial charge in [-0.1, -0.05) is 13.8 Å². The van der Waals surface area contributed by atoms with E-state index in [1.54, 1.807) is 11.3 Å². The zero-order valence-electron chi connectivity index (χ0n) is 9.20. The molecule has 2 N–H and O–H groups in total. The lowest BCUT2D eigenvalue weighted by Crippen LogP contribution is -2.25. The van der Waals surface area contributed by atoms with Crippen LogP contribution in [0, 0.1) is 5.92 Å². The quantitative estimate of drug-likeness (QED) is 0.866. The molecule has 1 atom stereocenters. The first-order valence-corrected chi connectivity index (χ1v) is 7.92. The molecule has 0 aromatic carbocycles. The van der Waals surface area contributed by atoms with E-state index in [4.69, 9.17) is 5.73 Å². The third kappa shape index (κ3) is 5.95. The lowest BCUT2D eigenvalue weighted by molar-refractivity contribution is 0.735. The molecular weight excluding hydrogens is 290 g/mol. The number of thioether (sulfide) groups is 1. The zero-order chi connectivity index (χ0) is 11.3. The topological polar surface area (TPSA) is 26.0 Å². The van der Waals surface area contributed by atoms with Crippen LogP contribution in [0.2, 0.25) is 0 Å². The van der Waals surface area contributed by atoms with Gasteiger partial charge in [0.25, 0.3) is 0 Å². The summed E-state index contributed by atoms with van der Waals surface area (Å²) in [4.78, 5) is 1.37. The third-order valence-electron chi connectivity index (χ3n) is 1.88. The predicted octanol–water partition coefficient (Wildman–Crippen LogP) is 3.77. The largest absolute Gasteiger partial charge is 0.327 e. The smallest absolute Gasteiger partial charge is 0.0701 e. The Bertz CT molecular complexity index is 286. The minimum atomic E-state index is 0.291. The number of nitrogens with two attached hydrogens (primary N) is 1. The molecule has 0 radical (unpaired) electrons. The summed E-state index contributed by atoms with van der Waals surface area (Å²) < 4.78 is 1.19. The van der Waals surface area contributed by atoms with Crippen LogP contribution in [-0.2, 0) is 6.42 Å². The van der Waals surface area contributed by atoms with Gasteiger partial charge in [-0.05, 0) is 46.2 Å². The Morgan fingerprint density at radius 3 is 2.67 bits per heavy atom.